The second kappa shape index (κ2) is 8.45. The highest BCUT2D eigenvalue weighted by Crippen LogP contribution is 2.18. The van der Waals surface area contributed by atoms with Gasteiger partial charge in [0.05, 0.1) is 11.4 Å². The van der Waals surface area contributed by atoms with E-state index in [1.807, 2.05) is 0 Å². The Kier molecular flexibility index (Phi) is 7.10. The van der Waals surface area contributed by atoms with Gasteiger partial charge in [-0.3, -0.25) is 9.59 Å². The Hall–Kier alpha value is -2.20. The van der Waals surface area contributed by atoms with E-state index in [4.69, 9.17) is 0 Å². The molecule has 0 fully saturated rings. The van der Waals surface area contributed by atoms with Gasteiger partial charge < -0.3 is 4.90 Å². The highest BCUT2D eigenvalue weighted by molar-refractivity contribution is 7.89. The third kappa shape index (κ3) is 5.95. The molecule has 1 aromatic carbocycles. The Balaban J connectivity index is 2.95. The van der Waals surface area contributed by atoms with Crippen molar-refractivity contribution < 1.29 is 31.2 Å². The third-order valence-electron chi connectivity index (χ3n) is 3.40. The quantitative estimate of drug-likeness (QED) is 0.502. The average molecular weight is 392 g/mol. The molecule has 0 saturated carbocycles. The summed E-state index contributed by atoms with van der Waals surface area (Å²) in [6, 6.07) is 5.03. The van der Waals surface area contributed by atoms with Gasteiger partial charge in [-0.1, -0.05) is 18.2 Å². The van der Waals surface area contributed by atoms with Crippen molar-refractivity contribution in [2.45, 2.75) is 18.0 Å². The Morgan fingerprint density at radius 1 is 1.19 bits per heavy atom. The summed E-state index contributed by atoms with van der Waals surface area (Å²) in [4.78, 5) is 23.6. The van der Waals surface area contributed by atoms with Gasteiger partial charge in [-0.05, 0) is 19.1 Å². The molecule has 0 unspecified atom stereocenters. The standard InChI is InChI=1S/C16H19F3N2O4S/c1-4-9-21(11-16(17,18)19)15(23)10-20(3)26(24,25)14-7-5-13(6-8-14)12(2)22/h4-8H,1,9-11H2,2-3H3. The molecule has 0 aliphatic carbocycles. The van der Waals surface area contributed by atoms with E-state index >= 15 is 0 Å². The smallest absolute Gasteiger partial charge is 0.329 e. The van der Waals surface area contributed by atoms with Crippen molar-refractivity contribution in [3.05, 3.63) is 42.5 Å². The van der Waals surface area contributed by atoms with E-state index in [2.05, 4.69) is 6.58 Å². The predicted octanol–water partition coefficient (Wildman–Crippen LogP) is 2.09. The molecular weight excluding hydrogens is 373 g/mol. The maximum Gasteiger partial charge on any atom is 0.406 e. The van der Waals surface area contributed by atoms with Gasteiger partial charge in [0, 0.05) is 19.2 Å². The lowest BCUT2D eigenvalue weighted by Gasteiger charge is -2.25. The largest absolute Gasteiger partial charge is 0.406 e. The monoisotopic (exact) mass is 392 g/mol. The van der Waals surface area contributed by atoms with Crippen LogP contribution in [0.2, 0.25) is 0 Å². The number of ketones is 1. The van der Waals surface area contributed by atoms with E-state index in [1.54, 1.807) is 0 Å². The van der Waals surface area contributed by atoms with Crippen LogP contribution in [-0.2, 0) is 14.8 Å². The number of nitrogens with zero attached hydrogens (tertiary/aromatic N) is 2. The first kappa shape index (κ1) is 21.8. The summed E-state index contributed by atoms with van der Waals surface area (Å²) in [7, 11) is -3.01. The van der Waals surface area contributed by atoms with Crippen LogP contribution >= 0.6 is 0 Å². The molecule has 0 aliphatic heterocycles. The summed E-state index contributed by atoms with van der Waals surface area (Å²) >= 11 is 0. The van der Waals surface area contributed by atoms with Crippen molar-refractivity contribution in [1.82, 2.24) is 9.21 Å². The molecule has 0 aromatic heterocycles. The van der Waals surface area contributed by atoms with Gasteiger partial charge in [-0.15, -0.1) is 6.58 Å². The minimum atomic E-state index is -4.61. The second-order valence-corrected chi connectivity index (χ2v) is 7.56. The van der Waals surface area contributed by atoms with E-state index in [9.17, 15) is 31.2 Å². The summed E-state index contributed by atoms with van der Waals surface area (Å²) in [6.07, 6.45) is -3.49. The van der Waals surface area contributed by atoms with E-state index in [1.165, 1.54) is 31.2 Å². The number of halogens is 3. The average Bonchev–Trinajstić information content (AvgIpc) is 2.53. The lowest BCUT2D eigenvalue weighted by atomic mass is 10.2. The van der Waals surface area contributed by atoms with Gasteiger partial charge in [0.1, 0.15) is 6.54 Å². The van der Waals surface area contributed by atoms with Crippen LogP contribution in [0.15, 0.2) is 41.8 Å². The Labute approximate surface area is 149 Å². The molecule has 10 heteroatoms. The maximum atomic E-state index is 12.5. The summed E-state index contributed by atoms with van der Waals surface area (Å²) in [6.45, 7) is 1.99. The number of sulfonamides is 1. The van der Waals surface area contributed by atoms with Gasteiger partial charge >= 0.3 is 6.18 Å². The Morgan fingerprint density at radius 3 is 2.15 bits per heavy atom. The molecule has 26 heavy (non-hydrogen) atoms. The van der Waals surface area contributed by atoms with Gasteiger partial charge in [0.15, 0.2) is 5.78 Å². The molecule has 6 nitrogen and oxygen atoms in total. The van der Waals surface area contributed by atoms with Crippen molar-refractivity contribution in [1.29, 1.82) is 0 Å². The number of likely N-dealkylation sites (N-methyl/N-ethyl adjacent to an activating group) is 1. The maximum absolute atomic E-state index is 12.5. The lowest BCUT2D eigenvalue weighted by molar-refractivity contribution is -0.160. The topological polar surface area (TPSA) is 74.8 Å². The van der Waals surface area contributed by atoms with Crippen LogP contribution < -0.4 is 0 Å². The molecule has 0 heterocycles. The number of carbonyl (C=O) groups excluding carboxylic acids is 2. The second-order valence-electron chi connectivity index (χ2n) is 5.52. The number of hydrogen-bond acceptors (Lipinski definition) is 4. The van der Waals surface area contributed by atoms with E-state index in [0.717, 1.165) is 13.1 Å². The Morgan fingerprint density at radius 2 is 1.73 bits per heavy atom. The molecule has 0 spiro atoms. The highest BCUT2D eigenvalue weighted by atomic mass is 32.2. The fourth-order valence-corrected chi connectivity index (χ4v) is 3.16. The zero-order valence-electron chi connectivity index (χ0n) is 14.3. The van der Waals surface area contributed by atoms with Crippen LogP contribution in [0.4, 0.5) is 13.2 Å². The van der Waals surface area contributed by atoms with E-state index < -0.39 is 35.2 Å². The van der Waals surface area contributed by atoms with Crippen molar-refractivity contribution in [3.63, 3.8) is 0 Å². The lowest BCUT2D eigenvalue weighted by Crippen LogP contribution is -2.45. The van der Waals surface area contributed by atoms with Crippen LogP contribution in [0.5, 0.6) is 0 Å². The first-order chi connectivity index (χ1) is 11.9. The molecular formula is C16H19F3N2O4S. The molecule has 0 N–H and O–H groups in total. The number of benzene rings is 1. The van der Waals surface area contributed by atoms with Crippen molar-refractivity contribution >= 4 is 21.7 Å². The predicted molar refractivity (Wildman–Crippen MR) is 89.1 cm³/mol. The number of amides is 1. The van der Waals surface area contributed by atoms with Gasteiger partial charge in [0.2, 0.25) is 15.9 Å². The number of alkyl halides is 3. The van der Waals surface area contributed by atoms with Crippen LogP contribution in [0, 0.1) is 0 Å². The van der Waals surface area contributed by atoms with Crippen LogP contribution in [0.25, 0.3) is 0 Å². The van der Waals surface area contributed by atoms with Crippen LogP contribution in [0.1, 0.15) is 17.3 Å². The van der Waals surface area contributed by atoms with E-state index in [0.29, 0.717) is 14.8 Å². The molecule has 0 saturated heterocycles. The number of Topliss-reactive ketones (excluding diaryl/α,β-unsaturated/α-hetero) is 1. The molecule has 0 radical (unpaired) electrons. The summed E-state index contributed by atoms with van der Waals surface area (Å²) in [5.74, 6) is -1.25. The third-order valence-corrected chi connectivity index (χ3v) is 5.22. The summed E-state index contributed by atoms with van der Waals surface area (Å²) in [5.41, 5.74) is 0.310. The van der Waals surface area contributed by atoms with Crippen molar-refractivity contribution in [3.8, 4) is 0 Å². The molecule has 1 aromatic rings. The molecule has 1 rings (SSSR count). The first-order valence-corrected chi connectivity index (χ1v) is 8.85. The number of hydrogen-bond donors (Lipinski definition) is 0. The van der Waals surface area contributed by atoms with Gasteiger partial charge in [-0.2, -0.15) is 17.5 Å². The van der Waals surface area contributed by atoms with Crippen molar-refractivity contribution in [2.24, 2.45) is 0 Å². The fraction of sp³-hybridized carbons (Fsp3) is 0.375. The molecule has 144 valence electrons. The molecule has 0 bridgehead atoms. The highest BCUT2D eigenvalue weighted by Gasteiger charge is 2.33. The normalized spacial score (nSPS) is 12.1. The van der Waals surface area contributed by atoms with E-state index in [-0.39, 0.29) is 17.2 Å². The van der Waals surface area contributed by atoms with Crippen LogP contribution in [-0.4, -0.2) is 62.2 Å². The SMILES string of the molecule is C=CCN(CC(F)(F)F)C(=O)CN(C)S(=O)(=O)c1ccc(C(C)=O)cc1. The number of carbonyl (C=O) groups is 2. The minimum Gasteiger partial charge on any atom is -0.329 e. The summed E-state index contributed by atoms with van der Waals surface area (Å²) in [5, 5.41) is 0. The molecule has 0 aliphatic rings. The zero-order chi connectivity index (χ0) is 20.1. The Bertz CT molecular complexity index is 774. The van der Waals surface area contributed by atoms with Gasteiger partial charge in [-0.25, -0.2) is 8.42 Å². The first-order valence-electron chi connectivity index (χ1n) is 7.41. The number of rotatable bonds is 8. The molecule has 0 atom stereocenters. The minimum absolute atomic E-state index is 0.177. The molecule has 1 amide bonds. The summed E-state index contributed by atoms with van der Waals surface area (Å²) < 4.78 is 63.2. The fourth-order valence-electron chi connectivity index (χ4n) is 2.04. The van der Waals surface area contributed by atoms with Gasteiger partial charge in [0.25, 0.3) is 0 Å². The van der Waals surface area contributed by atoms with Crippen molar-refractivity contribution in [2.75, 3.05) is 26.7 Å². The van der Waals surface area contributed by atoms with Crippen LogP contribution in [0.3, 0.4) is 0 Å². The zero-order valence-corrected chi connectivity index (χ0v) is 15.1.